The normalized spacial score (nSPS) is 25.4. The highest BCUT2D eigenvalue weighted by molar-refractivity contribution is 5.69. The molecule has 3 rings (SSSR count). The van der Waals surface area contributed by atoms with E-state index in [0.717, 1.165) is 45.3 Å². The fourth-order valence-corrected chi connectivity index (χ4v) is 4.47. The molecule has 0 saturated carbocycles. The van der Waals surface area contributed by atoms with Crippen molar-refractivity contribution in [2.45, 2.75) is 44.6 Å². The Labute approximate surface area is 158 Å². The SMILES string of the molecule is CN1CCC(N2CCC(CCC(=O)OCCN3CCOCC3)CC2)CC1. The van der Waals surface area contributed by atoms with E-state index in [0.29, 0.717) is 18.9 Å². The summed E-state index contributed by atoms with van der Waals surface area (Å²) in [7, 11) is 2.22. The molecule has 3 saturated heterocycles. The van der Waals surface area contributed by atoms with Crippen molar-refractivity contribution in [3.63, 3.8) is 0 Å². The molecule has 3 aliphatic rings. The van der Waals surface area contributed by atoms with Crippen LogP contribution in [0.4, 0.5) is 0 Å². The Bertz CT molecular complexity index is 413. The van der Waals surface area contributed by atoms with Gasteiger partial charge in [-0.1, -0.05) is 0 Å². The van der Waals surface area contributed by atoms with E-state index in [9.17, 15) is 4.79 Å². The van der Waals surface area contributed by atoms with Crippen LogP contribution in [-0.2, 0) is 14.3 Å². The first kappa shape index (κ1) is 20.1. The molecular weight excluding hydrogens is 330 g/mol. The molecule has 6 heteroatoms. The maximum Gasteiger partial charge on any atom is 0.305 e. The fourth-order valence-electron chi connectivity index (χ4n) is 4.47. The van der Waals surface area contributed by atoms with Gasteiger partial charge in [0.25, 0.3) is 0 Å². The van der Waals surface area contributed by atoms with Gasteiger partial charge in [-0.05, 0) is 71.2 Å². The molecule has 26 heavy (non-hydrogen) atoms. The molecule has 3 heterocycles. The van der Waals surface area contributed by atoms with E-state index in [4.69, 9.17) is 9.47 Å². The molecule has 0 aliphatic carbocycles. The molecule has 3 aliphatic heterocycles. The minimum Gasteiger partial charge on any atom is -0.464 e. The number of carbonyl (C=O) groups is 1. The maximum absolute atomic E-state index is 12.0. The summed E-state index contributed by atoms with van der Waals surface area (Å²) < 4.78 is 10.8. The molecule has 6 nitrogen and oxygen atoms in total. The number of ether oxygens (including phenoxy) is 2. The number of hydrogen-bond acceptors (Lipinski definition) is 6. The number of carbonyl (C=O) groups excluding carboxylic acids is 1. The molecule has 0 N–H and O–H groups in total. The lowest BCUT2D eigenvalue weighted by Crippen LogP contribution is -2.46. The summed E-state index contributed by atoms with van der Waals surface area (Å²) >= 11 is 0. The Kier molecular flexibility index (Phi) is 8.17. The van der Waals surface area contributed by atoms with Gasteiger partial charge in [0.2, 0.25) is 0 Å². The lowest BCUT2D eigenvalue weighted by atomic mass is 9.90. The van der Waals surface area contributed by atoms with Crippen molar-refractivity contribution in [2.75, 3.05) is 72.7 Å². The monoisotopic (exact) mass is 367 g/mol. The van der Waals surface area contributed by atoms with E-state index >= 15 is 0 Å². The van der Waals surface area contributed by atoms with E-state index in [1.165, 1.54) is 51.9 Å². The van der Waals surface area contributed by atoms with Gasteiger partial charge in [-0.2, -0.15) is 0 Å². The van der Waals surface area contributed by atoms with Gasteiger partial charge in [-0.25, -0.2) is 0 Å². The zero-order chi connectivity index (χ0) is 18.2. The third-order valence-electron chi connectivity index (χ3n) is 6.38. The predicted molar refractivity (Wildman–Crippen MR) is 102 cm³/mol. The van der Waals surface area contributed by atoms with Crippen molar-refractivity contribution in [1.29, 1.82) is 0 Å². The summed E-state index contributed by atoms with van der Waals surface area (Å²) in [6.07, 6.45) is 6.70. The van der Waals surface area contributed by atoms with E-state index in [2.05, 4.69) is 21.7 Å². The molecule has 150 valence electrons. The molecule has 0 aromatic carbocycles. The highest BCUT2D eigenvalue weighted by Gasteiger charge is 2.27. The van der Waals surface area contributed by atoms with Gasteiger partial charge in [0.1, 0.15) is 6.61 Å². The highest BCUT2D eigenvalue weighted by Crippen LogP contribution is 2.26. The number of hydrogen-bond donors (Lipinski definition) is 0. The molecule has 0 amide bonds. The van der Waals surface area contributed by atoms with E-state index in [1.807, 2.05) is 0 Å². The Morgan fingerprint density at radius 1 is 1.00 bits per heavy atom. The lowest BCUT2D eigenvalue weighted by Gasteiger charge is -2.41. The Morgan fingerprint density at radius 3 is 2.38 bits per heavy atom. The van der Waals surface area contributed by atoms with E-state index < -0.39 is 0 Å². The molecular formula is C20H37N3O3. The van der Waals surface area contributed by atoms with Crippen molar-refractivity contribution < 1.29 is 14.3 Å². The molecule has 0 atom stereocenters. The minimum absolute atomic E-state index is 0.0176. The second-order valence-corrected chi connectivity index (χ2v) is 8.23. The Hall–Kier alpha value is -0.690. The van der Waals surface area contributed by atoms with Crippen LogP contribution in [0.2, 0.25) is 0 Å². The molecule has 0 spiro atoms. The fraction of sp³-hybridized carbons (Fsp3) is 0.950. The molecule has 0 bridgehead atoms. The number of rotatable bonds is 7. The van der Waals surface area contributed by atoms with Gasteiger partial charge in [0.05, 0.1) is 13.2 Å². The van der Waals surface area contributed by atoms with Crippen LogP contribution < -0.4 is 0 Å². The van der Waals surface area contributed by atoms with Gasteiger partial charge in [-0.3, -0.25) is 9.69 Å². The van der Waals surface area contributed by atoms with Crippen LogP contribution in [0.5, 0.6) is 0 Å². The molecule has 0 aromatic heterocycles. The zero-order valence-corrected chi connectivity index (χ0v) is 16.5. The summed E-state index contributed by atoms with van der Waals surface area (Å²) in [4.78, 5) is 19.4. The third kappa shape index (κ3) is 6.48. The Morgan fingerprint density at radius 2 is 1.69 bits per heavy atom. The van der Waals surface area contributed by atoms with Gasteiger partial charge in [0.15, 0.2) is 0 Å². The van der Waals surface area contributed by atoms with E-state index in [-0.39, 0.29) is 5.97 Å². The molecule has 0 unspecified atom stereocenters. The average Bonchev–Trinajstić information content (AvgIpc) is 2.68. The largest absolute Gasteiger partial charge is 0.464 e. The second-order valence-electron chi connectivity index (χ2n) is 8.23. The quantitative estimate of drug-likeness (QED) is 0.635. The molecule has 3 fully saturated rings. The summed E-state index contributed by atoms with van der Waals surface area (Å²) in [5.41, 5.74) is 0. The second kappa shape index (κ2) is 10.6. The van der Waals surface area contributed by atoms with Gasteiger partial charge in [0, 0.05) is 32.1 Å². The Balaban J connectivity index is 1.23. The topological polar surface area (TPSA) is 45.2 Å². The lowest BCUT2D eigenvalue weighted by molar-refractivity contribution is -0.144. The minimum atomic E-state index is -0.0176. The van der Waals surface area contributed by atoms with Crippen LogP contribution in [0.3, 0.4) is 0 Å². The number of piperidine rings is 2. The van der Waals surface area contributed by atoms with Crippen molar-refractivity contribution in [3.05, 3.63) is 0 Å². The van der Waals surface area contributed by atoms with E-state index in [1.54, 1.807) is 0 Å². The van der Waals surface area contributed by atoms with Crippen LogP contribution in [0.15, 0.2) is 0 Å². The first-order valence-corrected chi connectivity index (χ1v) is 10.6. The highest BCUT2D eigenvalue weighted by atomic mass is 16.5. The van der Waals surface area contributed by atoms with Crippen molar-refractivity contribution >= 4 is 5.97 Å². The first-order chi connectivity index (χ1) is 12.7. The smallest absolute Gasteiger partial charge is 0.305 e. The standard InChI is InChI=1S/C20H37N3O3/c1-21-8-6-19(7-9-21)23-10-4-18(5-11-23)2-3-20(24)26-17-14-22-12-15-25-16-13-22/h18-19H,2-17H2,1H3. The van der Waals surface area contributed by atoms with Crippen LogP contribution >= 0.6 is 0 Å². The van der Waals surface area contributed by atoms with Gasteiger partial charge < -0.3 is 19.3 Å². The van der Waals surface area contributed by atoms with Crippen molar-refractivity contribution in [1.82, 2.24) is 14.7 Å². The van der Waals surface area contributed by atoms with Crippen molar-refractivity contribution in [3.8, 4) is 0 Å². The van der Waals surface area contributed by atoms with Crippen LogP contribution in [0, 0.1) is 5.92 Å². The summed E-state index contributed by atoms with van der Waals surface area (Å²) in [5, 5.41) is 0. The van der Waals surface area contributed by atoms with Crippen molar-refractivity contribution in [2.24, 2.45) is 5.92 Å². The van der Waals surface area contributed by atoms with Gasteiger partial charge in [-0.15, -0.1) is 0 Å². The zero-order valence-electron chi connectivity index (χ0n) is 16.5. The number of likely N-dealkylation sites (tertiary alicyclic amines) is 2. The summed E-state index contributed by atoms with van der Waals surface area (Å²) in [6, 6.07) is 0.789. The average molecular weight is 368 g/mol. The number of nitrogens with zero attached hydrogens (tertiary/aromatic N) is 3. The molecule has 0 aromatic rings. The van der Waals surface area contributed by atoms with Crippen LogP contribution in [0.1, 0.15) is 38.5 Å². The predicted octanol–water partition coefficient (Wildman–Crippen LogP) is 1.45. The maximum atomic E-state index is 12.0. The molecule has 0 radical (unpaired) electrons. The van der Waals surface area contributed by atoms with Crippen LogP contribution in [0.25, 0.3) is 0 Å². The summed E-state index contributed by atoms with van der Waals surface area (Å²) in [5.74, 6) is 0.681. The number of esters is 1. The summed E-state index contributed by atoms with van der Waals surface area (Å²) in [6.45, 7) is 9.75. The van der Waals surface area contributed by atoms with Gasteiger partial charge >= 0.3 is 5.97 Å². The number of morpholine rings is 1. The third-order valence-corrected chi connectivity index (χ3v) is 6.38. The van der Waals surface area contributed by atoms with Crippen LogP contribution in [-0.4, -0.2) is 99.4 Å². The first-order valence-electron chi connectivity index (χ1n) is 10.6.